The lowest BCUT2D eigenvalue weighted by Gasteiger charge is -2.06. The van der Waals surface area contributed by atoms with Gasteiger partial charge in [-0.2, -0.15) is 0 Å². The van der Waals surface area contributed by atoms with Crippen molar-refractivity contribution >= 4 is 45.8 Å². The molecule has 9 heteroatoms. The second-order valence-electron chi connectivity index (χ2n) is 5.04. The summed E-state index contributed by atoms with van der Waals surface area (Å²) in [5.74, 6) is -1.95. The van der Waals surface area contributed by atoms with Crippen molar-refractivity contribution in [1.29, 1.82) is 0 Å². The highest BCUT2D eigenvalue weighted by molar-refractivity contribution is 6.31. The van der Waals surface area contributed by atoms with Crippen LogP contribution in [-0.4, -0.2) is 16.7 Å². The zero-order valence-corrected chi connectivity index (χ0v) is 13.2. The van der Waals surface area contributed by atoms with Gasteiger partial charge in [-0.15, -0.1) is 0 Å². The number of carbonyl (C=O) groups excluding carboxylic acids is 2. The summed E-state index contributed by atoms with van der Waals surface area (Å²) in [6, 6.07) is 10.2. The number of carbonyl (C=O) groups is 2. The van der Waals surface area contributed by atoms with Crippen LogP contribution in [0.4, 0.5) is 11.4 Å². The Balaban J connectivity index is 2.09. The molecule has 2 amide bonds. The Kier molecular flexibility index (Phi) is 4.12. The molecule has 0 aliphatic rings. The average molecular weight is 360 g/mol. The maximum absolute atomic E-state index is 12.5. The predicted octanol–water partition coefficient (Wildman–Crippen LogP) is 3.35. The number of nitrogens with two attached hydrogens (primary N) is 1. The lowest BCUT2D eigenvalue weighted by atomic mass is 10.1. The molecule has 3 N–H and O–H groups in total. The summed E-state index contributed by atoms with van der Waals surface area (Å²) in [5, 5.41) is 14.2. The Bertz CT molecular complexity index is 1030. The minimum absolute atomic E-state index is 0.0439. The molecule has 0 fully saturated rings. The summed E-state index contributed by atoms with van der Waals surface area (Å²) in [6.45, 7) is 0. The summed E-state index contributed by atoms with van der Waals surface area (Å²) in [6.07, 6.45) is 0. The number of hydrogen-bond acceptors (Lipinski definition) is 5. The van der Waals surface area contributed by atoms with Gasteiger partial charge in [0.05, 0.1) is 4.92 Å². The van der Waals surface area contributed by atoms with Crippen LogP contribution in [0.2, 0.25) is 5.02 Å². The zero-order chi connectivity index (χ0) is 18.1. The summed E-state index contributed by atoms with van der Waals surface area (Å²) in [4.78, 5) is 34.5. The molecule has 0 saturated carbocycles. The minimum Gasteiger partial charge on any atom is -0.449 e. The molecule has 0 bridgehead atoms. The van der Waals surface area contributed by atoms with E-state index < -0.39 is 22.4 Å². The number of halogens is 1. The molecule has 0 aliphatic heterocycles. The van der Waals surface area contributed by atoms with Crippen LogP contribution in [0.15, 0.2) is 46.9 Å². The number of nitro benzene ring substituents is 1. The summed E-state index contributed by atoms with van der Waals surface area (Å²) < 4.78 is 5.35. The van der Waals surface area contributed by atoms with E-state index in [0.29, 0.717) is 11.0 Å². The molecule has 2 aromatic carbocycles. The van der Waals surface area contributed by atoms with Gasteiger partial charge in [-0.25, -0.2) is 0 Å². The fourth-order valence-electron chi connectivity index (χ4n) is 2.37. The Morgan fingerprint density at radius 2 is 1.92 bits per heavy atom. The molecule has 3 aromatic rings. The molecule has 3 rings (SSSR count). The average Bonchev–Trinajstić information content (AvgIpc) is 2.93. The molecule has 25 heavy (non-hydrogen) atoms. The van der Waals surface area contributed by atoms with Crippen LogP contribution < -0.4 is 11.1 Å². The van der Waals surface area contributed by atoms with E-state index in [9.17, 15) is 19.7 Å². The van der Waals surface area contributed by atoms with Gasteiger partial charge in [0, 0.05) is 16.5 Å². The first-order valence-corrected chi connectivity index (χ1v) is 7.33. The number of amides is 2. The molecule has 0 aliphatic carbocycles. The lowest BCUT2D eigenvalue weighted by molar-refractivity contribution is -0.385. The molecular weight excluding hydrogens is 350 g/mol. The van der Waals surface area contributed by atoms with Crippen LogP contribution in [0, 0.1) is 10.1 Å². The van der Waals surface area contributed by atoms with Crippen LogP contribution in [0.5, 0.6) is 0 Å². The number of primary amides is 1. The van der Waals surface area contributed by atoms with Crippen molar-refractivity contribution < 1.29 is 18.9 Å². The first kappa shape index (κ1) is 16.5. The maximum Gasteiger partial charge on any atom is 0.286 e. The van der Waals surface area contributed by atoms with Crippen molar-refractivity contribution in [2.24, 2.45) is 5.73 Å². The number of nitro groups is 1. The molecule has 0 saturated heterocycles. The van der Waals surface area contributed by atoms with Crippen molar-refractivity contribution in [2.45, 2.75) is 0 Å². The topological polar surface area (TPSA) is 128 Å². The van der Waals surface area contributed by atoms with E-state index in [0.717, 1.165) is 6.07 Å². The van der Waals surface area contributed by atoms with Crippen molar-refractivity contribution in [3.63, 3.8) is 0 Å². The number of rotatable bonds is 4. The molecule has 0 atom stereocenters. The number of fused-ring (bicyclic) bond motifs is 1. The summed E-state index contributed by atoms with van der Waals surface area (Å²) >= 11 is 5.83. The fraction of sp³-hybridized carbons (Fsp3) is 0. The van der Waals surface area contributed by atoms with E-state index in [1.807, 2.05) is 0 Å². The van der Waals surface area contributed by atoms with Gasteiger partial charge >= 0.3 is 0 Å². The summed E-state index contributed by atoms with van der Waals surface area (Å²) in [5.41, 5.74) is 4.99. The van der Waals surface area contributed by atoms with Crippen LogP contribution in [0.25, 0.3) is 11.0 Å². The highest BCUT2D eigenvalue weighted by Crippen LogP contribution is 2.32. The molecule has 0 spiro atoms. The van der Waals surface area contributed by atoms with Crippen LogP contribution >= 0.6 is 11.6 Å². The highest BCUT2D eigenvalue weighted by atomic mass is 35.5. The van der Waals surface area contributed by atoms with E-state index >= 15 is 0 Å². The second kappa shape index (κ2) is 6.25. The van der Waals surface area contributed by atoms with Crippen LogP contribution in [-0.2, 0) is 0 Å². The number of nitrogens with zero attached hydrogens (tertiary/aromatic N) is 1. The van der Waals surface area contributed by atoms with E-state index in [4.69, 9.17) is 21.8 Å². The first-order valence-electron chi connectivity index (χ1n) is 6.95. The number of para-hydroxylation sites is 1. The smallest absolute Gasteiger partial charge is 0.286 e. The van der Waals surface area contributed by atoms with Crippen molar-refractivity contribution in [3.8, 4) is 0 Å². The van der Waals surface area contributed by atoms with E-state index in [-0.39, 0.29) is 22.0 Å². The van der Waals surface area contributed by atoms with Crippen LogP contribution in [0.3, 0.4) is 0 Å². The van der Waals surface area contributed by atoms with Crippen molar-refractivity contribution in [2.75, 3.05) is 5.32 Å². The Morgan fingerprint density at radius 1 is 1.20 bits per heavy atom. The molecule has 126 valence electrons. The lowest BCUT2D eigenvalue weighted by Crippen LogP contribution is -2.18. The molecule has 1 heterocycles. The number of nitrogens with one attached hydrogen (secondary N) is 1. The van der Waals surface area contributed by atoms with E-state index in [2.05, 4.69) is 5.32 Å². The molecular formula is C16H10ClN3O5. The van der Waals surface area contributed by atoms with Gasteiger partial charge in [-0.05, 0) is 24.3 Å². The number of furan rings is 1. The van der Waals surface area contributed by atoms with Gasteiger partial charge in [-0.1, -0.05) is 23.7 Å². The first-order chi connectivity index (χ1) is 11.9. The summed E-state index contributed by atoms with van der Waals surface area (Å²) in [7, 11) is 0. The minimum atomic E-state index is -0.882. The van der Waals surface area contributed by atoms with Gasteiger partial charge in [0.25, 0.3) is 17.5 Å². The molecule has 1 aromatic heterocycles. The third kappa shape index (κ3) is 3.02. The Morgan fingerprint density at radius 3 is 2.60 bits per heavy atom. The SMILES string of the molecule is NC(=O)c1oc2ccccc2c1NC(=O)c1cc(Cl)ccc1[N+](=O)[O-]. The van der Waals surface area contributed by atoms with Crippen molar-refractivity contribution in [1.82, 2.24) is 0 Å². The number of hydrogen-bond donors (Lipinski definition) is 2. The second-order valence-corrected chi connectivity index (χ2v) is 5.48. The molecule has 0 unspecified atom stereocenters. The normalized spacial score (nSPS) is 10.6. The van der Waals surface area contributed by atoms with Gasteiger partial charge < -0.3 is 15.5 Å². The van der Waals surface area contributed by atoms with E-state index in [1.54, 1.807) is 24.3 Å². The molecule has 8 nitrogen and oxygen atoms in total. The van der Waals surface area contributed by atoms with Crippen LogP contribution in [0.1, 0.15) is 20.9 Å². The maximum atomic E-state index is 12.5. The quantitative estimate of drug-likeness (QED) is 0.545. The predicted molar refractivity (Wildman–Crippen MR) is 90.8 cm³/mol. The van der Waals surface area contributed by atoms with Gasteiger partial charge in [0.15, 0.2) is 0 Å². The van der Waals surface area contributed by atoms with Gasteiger partial charge in [0.2, 0.25) is 5.76 Å². The third-order valence-corrected chi connectivity index (χ3v) is 3.69. The standard InChI is InChI=1S/C16H10ClN3O5/c17-8-5-6-11(20(23)24)10(7-8)16(22)19-13-9-3-1-2-4-12(9)25-14(13)15(18)21/h1-7H,(H2,18,21)(H,19,22). The van der Waals surface area contributed by atoms with Gasteiger partial charge in [-0.3, -0.25) is 19.7 Å². The van der Waals surface area contributed by atoms with Crippen molar-refractivity contribution in [3.05, 3.63) is 68.9 Å². The number of benzene rings is 2. The third-order valence-electron chi connectivity index (χ3n) is 3.46. The fourth-order valence-corrected chi connectivity index (χ4v) is 2.55. The largest absolute Gasteiger partial charge is 0.449 e. The van der Waals surface area contributed by atoms with E-state index in [1.165, 1.54) is 12.1 Å². The Hall–Kier alpha value is -3.39. The number of anilines is 1. The zero-order valence-electron chi connectivity index (χ0n) is 12.5. The van der Waals surface area contributed by atoms with Gasteiger partial charge in [0.1, 0.15) is 16.8 Å². The Labute approximate surface area is 145 Å². The monoisotopic (exact) mass is 359 g/mol. The highest BCUT2D eigenvalue weighted by Gasteiger charge is 2.25. The molecule has 0 radical (unpaired) electrons.